The summed E-state index contributed by atoms with van der Waals surface area (Å²) in [4.78, 5) is 4.55. The smallest absolute Gasteiger partial charge is 0.0749 e. The quantitative estimate of drug-likeness (QED) is 0.825. The summed E-state index contributed by atoms with van der Waals surface area (Å²) in [5, 5.41) is 4.87. The van der Waals surface area contributed by atoms with Crippen molar-refractivity contribution >= 4 is 10.9 Å². The lowest BCUT2D eigenvalue weighted by molar-refractivity contribution is 0.496. The van der Waals surface area contributed by atoms with Crippen molar-refractivity contribution in [1.82, 2.24) is 10.3 Å². The predicted octanol–water partition coefficient (Wildman–Crippen LogP) is 4.08. The Morgan fingerprint density at radius 3 is 2.72 bits per heavy atom. The van der Waals surface area contributed by atoms with Gasteiger partial charge in [0.25, 0.3) is 0 Å². The van der Waals surface area contributed by atoms with Gasteiger partial charge in [-0.2, -0.15) is 0 Å². The summed E-state index contributed by atoms with van der Waals surface area (Å²) in [5.41, 5.74) is 2.48. The number of nitrogens with one attached hydrogen (secondary N) is 1. The molecule has 1 atom stereocenters. The van der Waals surface area contributed by atoms with Gasteiger partial charge in [0.1, 0.15) is 0 Å². The van der Waals surface area contributed by atoms with Gasteiger partial charge in [0, 0.05) is 17.6 Å². The molecule has 0 aliphatic heterocycles. The number of hydrogen-bond donors (Lipinski definition) is 1. The van der Waals surface area contributed by atoms with E-state index >= 15 is 0 Å². The zero-order valence-corrected chi connectivity index (χ0v) is 11.3. The molecule has 2 nitrogen and oxygen atoms in total. The van der Waals surface area contributed by atoms with E-state index in [1.807, 2.05) is 12.3 Å². The molecule has 2 aromatic rings. The van der Waals surface area contributed by atoms with Gasteiger partial charge in [-0.1, -0.05) is 44.5 Å². The SMILES string of the molecule is CCCNC(CCC)c1cccc2cccnc12. The number of pyridine rings is 1. The molecule has 0 bridgehead atoms. The summed E-state index contributed by atoms with van der Waals surface area (Å²) < 4.78 is 0. The Morgan fingerprint density at radius 1 is 1.11 bits per heavy atom. The van der Waals surface area contributed by atoms with Crippen LogP contribution >= 0.6 is 0 Å². The number of rotatable bonds is 6. The molecule has 0 saturated heterocycles. The van der Waals surface area contributed by atoms with Crippen molar-refractivity contribution in [3.63, 3.8) is 0 Å². The van der Waals surface area contributed by atoms with Crippen molar-refractivity contribution in [2.24, 2.45) is 0 Å². The average Bonchev–Trinajstić information content (AvgIpc) is 2.43. The van der Waals surface area contributed by atoms with Gasteiger partial charge in [0.15, 0.2) is 0 Å². The maximum absolute atomic E-state index is 4.55. The van der Waals surface area contributed by atoms with E-state index in [0.717, 1.165) is 18.5 Å². The molecular weight excluding hydrogens is 220 g/mol. The molecule has 2 rings (SSSR count). The second kappa shape index (κ2) is 6.50. The second-order valence-electron chi connectivity index (χ2n) is 4.72. The fraction of sp³-hybridized carbons (Fsp3) is 0.438. The summed E-state index contributed by atoms with van der Waals surface area (Å²) in [6, 6.07) is 11.0. The molecular formula is C16H22N2. The first-order chi connectivity index (χ1) is 8.86. The van der Waals surface area contributed by atoms with Gasteiger partial charge in [-0.25, -0.2) is 0 Å². The molecule has 0 aliphatic rings. The number of benzene rings is 1. The highest BCUT2D eigenvalue weighted by molar-refractivity contribution is 5.81. The number of nitrogens with zero attached hydrogens (tertiary/aromatic N) is 1. The van der Waals surface area contributed by atoms with Crippen LogP contribution in [0.4, 0.5) is 0 Å². The molecule has 2 heteroatoms. The molecule has 18 heavy (non-hydrogen) atoms. The van der Waals surface area contributed by atoms with Crippen LogP contribution in [0.25, 0.3) is 10.9 Å². The number of aromatic nitrogens is 1. The largest absolute Gasteiger partial charge is 0.310 e. The first-order valence-corrected chi connectivity index (χ1v) is 6.93. The molecule has 0 aliphatic carbocycles. The van der Waals surface area contributed by atoms with Crippen LogP contribution in [0.15, 0.2) is 36.5 Å². The fourth-order valence-corrected chi connectivity index (χ4v) is 2.38. The summed E-state index contributed by atoms with van der Waals surface area (Å²) in [7, 11) is 0. The molecule has 0 saturated carbocycles. The van der Waals surface area contributed by atoms with E-state index in [1.54, 1.807) is 0 Å². The van der Waals surface area contributed by atoms with Crippen LogP contribution in [-0.2, 0) is 0 Å². The topological polar surface area (TPSA) is 24.9 Å². The number of fused-ring (bicyclic) bond motifs is 1. The number of para-hydroxylation sites is 1. The van der Waals surface area contributed by atoms with Crippen molar-refractivity contribution in [3.8, 4) is 0 Å². The zero-order valence-electron chi connectivity index (χ0n) is 11.3. The highest BCUT2D eigenvalue weighted by atomic mass is 14.9. The van der Waals surface area contributed by atoms with Crippen molar-refractivity contribution in [1.29, 1.82) is 0 Å². The highest BCUT2D eigenvalue weighted by Crippen LogP contribution is 2.25. The third-order valence-corrected chi connectivity index (χ3v) is 3.26. The lowest BCUT2D eigenvalue weighted by Gasteiger charge is -2.19. The highest BCUT2D eigenvalue weighted by Gasteiger charge is 2.13. The Labute approximate surface area is 109 Å². The molecule has 1 aromatic carbocycles. The lowest BCUT2D eigenvalue weighted by atomic mass is 9.99. The normalized spacial score (nSPS) is 12.8. The van der Waals surface area contributed by atoms with E-state index < -0.39 is 0 Å². The Morgan fingerprint density at radius 2 is 1.94 bits per heavy atom. The van der Waals surface area contributed by atoms with E-state index in [-0.39, 0.29) is 0 Å². The van der Waals surface area contributed by atoms with Crippen LogP contribution in [0.5, 0.6) is 0 Å². The summed E-state index contributed by atoms with van der Waals surface area (Å²) in [6.45, 7) is 5.50. The third-order valence-electron chi connectivity index (χ3n) is 3.26. The molecule has 96 valence electrons. The zero-order chi connectivity index (χ0) is 12.8. The molecule has 0 fully saturated rings. The molecule has 1 aromatic heterocycles. The van der Waals surface area contributed by atoms with Crippen molar-refractivity contribution in [2.45, 2.75) is 39.2 Å². The monoisotopic (exact) mass is 242 g/mol. The van der Waals surface area contributed by atoms with Gasteiger partial charge in [0.2, 0.25) is 0 Å². The van der Waals surface area contributed by atoms with E-state index in [2.05, 4.69) is 48.4 Å². The first-order valence-electron chi connectivity index (χ1n) is 6.93. The van der Waals surface area contributed by atoms with Gasteiger partial charge in [-0.05, 0) is 31.0 Å². The molecule has 1 N–H and O–H groups in total. The average molecular weight is 242 g/mol. The maximum atomic E-state index is 4.55. The van der Waals surface area contributed by atoms with Crippen molar-refractivity contribution in [3.05, 3.63) is 42.1 Å². The van der Waals surface area contributed by atoms with Crippen LogP contribution < -0.4 is 5.32 Å². The predicted molar refractivity (Wildman–Crippen MR) is 77.7 cm³/mol. The van der Waals surface area contributed by atoms with E-state index in [1.165, 1.54) is 23.8 Å². The minimum absolute atomic E-state index is 0.425. The summed E-state index contributed by atoms with van der Waals surface area (Å²) in [5.74, 6) is 0. The number of hydrogen-bond acceptors (Lipinski definition) is 2. The van der Waals surface area contributed by atoms with Gasteiger partial charge in [0.05, 0.1) is 5.52 Å². The Hall–Kier alpha value is -1.41. The summed E-state index contributed by atoms with van der Waals surface area (Å²) >= 11 is 0. The maximum Gasteiger partial charge on any atom is 0.0749 e. The minimum Gasteiger partial charge on any atom is -0.310 e. The van der Waals surface area contributed by atoms with Gasteiger partial charge >= 0.3 is 0 Å². The fourth-order valence-electron chi connectivity index (χ4n) is 2.38. The standard InChI is InChI=1S/C16H22N2/c1-3-7-15(17-11-4-2)14-10-5-8-13-9-6-12-18-16(13)14/h5-6,8-10,12,15,17H,3-4,7,11H2,1-2H3. The van der Waals surface area contributed by atoms with E-state index in [4.69, 9.17) is 0 Å². The van der Waals surface area contributed by atoms with Gasteiger partial charge in [-0.15, -0.1) is 0 Å². The molecule has 0 amide bonds. The van der Waals surface area contributed by atoms with E-state index in [0.29, 0.717) is 6.04 Å². The molecule has 1 unspecified atom stereocenters. The first kappa shape index (κ1) is 13.0. The molecule has 1 heterocycles. The van der Waals surface area contributed by atoms with Gasteiger partial charge < -0.3 is 5.32 Å². The van der Waals surface area contributed by atoms with Crippen molar-refractivity contribution < 1.29 is 0 Å². The molecule has 0 radical (unpaired) electrons. The molecule has 0 spiro atoms. The van der Waals surface area contributed by atoms with E-state index in [9.17, 15) is 0 Å². The van der Waals surface area contributed by atoms with Crippen LogP contribution in [0.1, 0.15) is 44.7 Å². The second-order valence-corrected chi connectivity index (χ2v) is 4.72. The van der Waals surface area contributed by atoms with Crippen LogP contribution in [0, 0.1) is 0 Å². The van der Waals surface area contributed by atoms with Crippen LogP contribution in [0.3, 0.4) is 0 Å². The third kappa shape index (κ3) is 2.88. The van der Waals surface area contributed by atoms with Crippen LogP contribution in [0.2, 0.25) is 0 Å². The van der Waals surface area contributed by atoms with Gasteiger partial charge in [-0.3, -0.25) is 4.98 Å². The lowest BCUT2D eigenvalue weighted by Crippen LogP contribution is -2.22. The minimum atomic E-state index is 0.425. The Balaban J connectivity index is 2.36. The van der Waals surface area contributed by atoms with Crippen LogP contribution in [-0.4, -0.2) is 11.5 Å². The Bertz CT molecular complexity index is 488. The summed E-state index contributed by atoms with van der Waals surface area (Å²) in [6.07, 6.45) is 5.40. The van der Waals surface area contributed by atoms with Crippen molar-refractivity contribution in [2.75, 3.05) is 6.54 Å². The Kier molecular flexibility index (Phi) is 4.71.